The minimum absolute atomic E-state index is 0.160. The van der Waals surface area contributed by atoms with Crippen molar-refractivity contribution in [2.24, 2.45) is 0 Å². The molecule has 0 fully saturated rings. The number of carbonyl (C=O) groups is 1. The molecule has 0 aliphatic heterocycles. The van der Waals surface area contributed by atoms with Gasteiger partial charge in [-0.05, 0) is 36.4 Å². The highest BCUT2D eigenvalue weighted by Crippen LogP contribution is 2.16. The first-order valence-corrected chi connectivity index (χ1v) is 9.47. The minimum Gasteiger partial charge on any atom is -0.351 e. The van der Waals surface area contributed by atoms with Gasteiger partial charge >= 0.3 is 0 Å². The van der Waals surface area contributed by atoms with Gasteiger partial charge in [-0.1, -0.05) is 51.2 Å². The van der Waals surface area contributed by atoms with Crippen molar-refractivity contribution in [3.63, 3.8) is 0 Å². The molecule has 0 atom stereocenters. The van der Waals surface area contributed by atoms with Crippen LogP contribution in [0.4, 0.5) is 0 Å². The van der Waals surface area contributed by atoms with Crippen LogP contribution >= 0.6 is 11.8 Å². The standard InChI is InChI=1S/C19H26N2OS/c1-3-4-5-6-7-8-13-21-19(22)17(15-20)14-16-9-11-18(23-2)12-10-16/h9-12,14H,3-8,13H2,1-2H3,(H,21,22)/b17-14+. The summed E-state index contributed by atoms with van der Waals surface area (Å²) in [6.07, 6.45) is 10.8. The molecule has 0 saturated carbocycles. The zero-order valence-electron chi connectivity index (χ0n) is 14.1. The van der Waals surface area contributed by atoms with E-state index < -0.39 is 0 Å². The third-order valence-corrected chi connectivity index (χ3v) is 4.35. The monoisotopic (exact) mass is 330 g/mol. The van der Waals surface area contributed by atoms with Crippen LogP contribution in [0.1, 0.15) is 51.0 Å². The molecule has 1 aromatic rings. The van der Waals surface area contributed by atoms with E-state index in [9.17, 15) is 10.1 Å². The molecule has 0 unspecified atom stereocenters. The van der Waals surface area contributed by atoms with E-state index in [1.807, 2.05) is 36.6 Å². The Kier molecular flexibility index (Phi) is 9.90. The third-order valence-electron chi connectivity index (χ3n) is 3.61. The highest BCUT2D eigenvalue weighted by molar-refractivity contribution is 7.98. The molecular weight excluding hydrogens is 304 g/mol. The number of carbonyl (C=O) groups excluding carboxylic acids is 1. The Balaban J connectivity index is 2.42. The summed E-state index contributed by atoms with van der Waals surface area (Å²) in [5.74, 6) is -0.282. The van der Waals surface area contributed by atoms with E-state index in [0.29, 0.717) is 6.54 Å². The second-order valence-electron chi connectivity index (χ2n) is 5.47. The molecule has 0 aliphatic rings. The maximum absolute atomic E-state index is 12.0. The molecule has 0 aliphatic carbocycles. The largest absolute Gasteiger partial charge is 0.351 e. The zero-order chi connectivity index (χ0) is 16.9. The topological polar surface area (TPSA) is 52.9 Å². The van der Waals surface area contributed by atoms with Gasteiger partial charge in [0.25, 0.3) is 5.91 Å². The van der Waals surface area contributed by atoms with Gasteiger partial charge in [0, 0.05) is 11.4 Å². The molecule has 4 heteroatoms. The SMILES string of the molecule is CCCCCCCCNC(=O)/C(C#N)=C/c1ccc(SC)cc1. The Morgan fingerprint density at radius 3 is 2.43 bits per heavy atom. The van der Waals surface area contributed by atoms with Crippen molar-refractivity contribution in [1.29, 1.82) is 5.26 Å². The predicted molar refractivity (Wildman–Crippen MR) is 98.2 cm³/mol. The Labute approximate surface area is 144 Å². The van der Waals surface area contributed by atoms with Gasteiger partial charge < -0.3 is 5.32 Å². The van der Waals surface area contributed by atoms with Crippen molar-refractivity contribution in [2.75, 3.05) is 12.8 Å². The van der Waals surface area contributed by atoms with Crippen LogP contribution in [-0.4, -0.2) is 18.7 Å². The number of hydrogen-bond acceptors (Lipinski definition) is 3. The van der Waals surface area contributed by atoms with Crippen molar-refractivity contribution in [2.45, 2.75) is 50.3 Å². The van der Waals surface area contributed by atoms with Crippen LogP contribution in [0.25, 0.3) is 6.08 Å². The summed E-state index contributed by atoms with van der Waals surface area (Å²) >= 11 is 1.66. The van der Waals surface area contributed by atoms with E-state index in [1.54, 1.807) is 17.8 Å². The number of nitrogens with one attached hydrogen (secondary N) is 1. The summed E-state index contributed by atoms with van der Waals surface area (Å²) in [6.45, 7) is 2.83. The zero-order valence-corrected chi connectivity index (χ0v) is 14.9. The van der Waals surface area contributed by atoms with Gasteiger partial charge in [-0.3, -0.25) is 4.79 Å². The van der Waals surface area contributed by atoms with Crippen LogP contribution in [0, 0.1) is 11.3 Å². The second kappa shape index (κ2) is 11.8. The van der Waals surface area contributed by atoms with Crippen LogP contribution < -0.4 is 5.32 Å². The smallest absolute Gasteiger partial charge is 0.261 e. The van der Waals surface area contributed by atoms with Crippen LogP contribution in [-0.2, 0) is 4.79 Å². The van der Waals surface area contributed by atoms with Gasteiger partial charge in [-0.2, -0.15) is 5.26 Å². The van der Waals surface area contributed by atoms with E-state index >= 15 is 0 Å². The molecule has 0 aromatic heterocycles. The van der Waals surface area contributed by atoms with E-state index in [-0.39, 0.29) is 11.5 Å². The van der Waals surface area contributed by atoms with Gasteiger partial charge in [0.15, 0.2) is 0 Å². The van der Waals surface area contributed by atoms with Crippen molar-refractivity contribution in [3.8, 4) is 6.07 Å². The van der Waals surface area contributed by atoms with Gasteiger partial charge in [-0.25, -0.2) is 0 Å². The van der Waals surface area contributed by atoms with E-state index in [4.69, 9.17) is 0 Å². The Bertz CT molecular complexity index is 543. The maximum Gasteiger partial charge on any atom is 0.261 e. The van der Waals surface area contributed by atoms with Crippen molar-refractivity contribution in [3.05, 3.63) is 35.4 Å². The number of amides is 1. The van der Waals surface area contributed by atoms with Gasteiger partial charge in [0.05, 0.1) is 0 Å². The molecule has 0 radical (unpaired) electrons. The van der Waals surface area contributed by atoms with Crippen LogP contribution in [0.2, 0.25) is 0 Å². The minimum atomic E-state index is -0.282. The Morgan fingerprint density at radius 1 is 1.17 bits per heavy atom. The molecule has 1 aromatic carbocycles. The summed E-state index contributed by atoms with van der Waals surface area (Å²) in [7, 11) is 0. The van der Waals surface area contributed by atoms with Gasteiger partial charge in [-0.15, -0.1) is 11.8 Å². The summed E-state index contributed by atoms with van der Waals surface area (Å²) in [4.78, 5) is 13.2. The van der Waals surface area contributed by atoms with Crippen molar-refractivity contribution in [1.82, 2.24) is 5.32 Å². The van der Waals surface area contributed by atoms with E-state index in [2.05, 4.69) is 12.2 Å². The number of benzene rings is 1. The van der Waals surface area contributed by atoms with Gasteiger partial charge in [0.2, 0.25) is 0 Å². The number of hydrogen-bond donors (Lipinski definition) is 1. The molecule has 0 bridgehead atoms. The molecule has 3 nitrogen and oxygen atoms in total. The van der Waals surface area contributed by atoms with Crippen molar-refractivity contribution >= 4 is 23.7 Å². The maximum atomic E-state index is 12.0. The lowest BCUT2D eigenvalue weighted by Gasteiger charge is -2.04. The fourth-order valence-corrected chi connectivity index (χ4v) is 2.63. The summed E-state index contributed by atoms with van der Waals surface area (Å²) in [5, 5.41) is 12.0. The lowest BCUT2D eigenvalue weighted by Crippen LogP contribution is -2.25. The predicted octanol–water partition coefficient (Wildman–Crippen LogP) is 4.79. The number of unbranched alkanes of at least 4 members (excludes halogenated alkanes) is 5. The number of rotatable bonds is 10. The van der Waals surface area contributed by atoms with Crippen LogP contribution in [0.5, 0.6) is 0 Å². The van der Waals surface area contributed by atoms with Crippen molar-refractivity contribution < 1.29 is 4.79 Å². The summed E-state index contributed by atoms with van der Waals surface area (Å²) in [6, 6.07) is 9.80. The third kappa shape index (κ3) is 7.90. The van der Waals surface area contributed by atoms with Gasteiger partial charge in [0.1, 0.15) is 11.6 Å². The summed E-state index contributed by atoms with van der Waals surface area (Å²) in [5.41, 5.74) is 1.03. The number of nitrogens with zero attached hydrogens (tertiary/aromatic N) is 1. The lowest BCUT2D eigenvalue weighted by molar-refractivity contribution is -0.117. The van der Waals surface area contributed by atoms with Crippen LogP contribution in [0.15, 0.2) is 34.7 Å². The Morgan fingerprint density at radius 2 is 1.83 bits per heavy atom. The lowest BCUT2D eigenvalue weighted by atomic mass is 10.1. The molecule has 124 valence electrons. The number of thioether (sulfide) groups is 1. The average Bonchev–Trinajstić information content (AvgIpc) is 2.59. The highest BCUT2D eigenvalue weighted by atomic mass is 32.2. The molecule has 23 heavy (non-hydrogen) atoms. The van der Waals surface area contributed by atoms with E-state index in [0.717, 1.165) is 23.3 Å². The molecular formula is C19H26N2OS. The Hall–Kier alpha value is -1.73. The average molecular weight is 330 g/mol. The van der Waals surface area contributed by atoms with E-state index in [1.165, 1.54) is 25.7 Å². The molecule has 0 spiro atoms. The molecule has 0 saturated heterocycles. The fourth-order valence-electron chi connectivity index (χ4n) is 2.22. The summed E-state index contributed by atoms with van der Waals surface area (Å²) < 4.78 is 0. The molecule has 1 amide bonds. The number of nitriles is 1. The first kappa shape index (κ1) is 19.3. The molecule has 0 heterocycles. The second-order valence-corrected chi connectivity index (χ2v) is 6.35. The quantitative estimate of drug-likeness (QED) is 0.290. The first-order chi connectivity index (χ1) is 11.2. The first-order valence-electron chi connectivity index (χ1n) is 8.25. The van der Waals surface area contributed by atoms with Crippen LogP contribution in [0.3, 0.4) is 0 Å². The normalized spacial score (nSPS) is 11.1. The fraction of sp³-hybridized carbons (Fsp3) is 0.474. The molecule has 1 N–H and O–H groups in total. The highest BCUT2D eigenvalue weighted by Gasteiger charge is 2.08. The molecule has 1 rings (SSSR count).